The second-order valence-corrected chi connectivity index (χ2v) is 6.63. The monoisotopic (exact) mass is 429 g/mol. The van der Waals surface area contributed by atoms with Gasteiger partial charge in [-0.05, 0) is 30.3 Å². The lowest BCUT2D eigenvalue weighted by Crippen LogP contribution is -2.42. The summed E-state index contributed by atoms with van der Waals surface area (Å²) in [6.45, 7) is 0. The molecular formula is C18H15N5O6S. The Hall–Kier alpha value is -3.93. The molecular weight excluding hydrogens is 414 g/mol. The second-order valence-electron chi connectivity index (χ2n) is 5.70. The van der Waals surface area contributed by atoms with Crippen LogP contribution in [0.5, 0.6) is 5.75 Å². The van der Waals surface area contributed by atoms with E-state index in [0.29, 0.717) is 17.2 Å². The summed E-state index contributed by atoms with van der Waals surface area (Å²) >= 11 is 0.988. The Morgan fingerprint density at radius 1 is 1.17 bits per heavy atom. The van der Waals surface area contributed by atoms with Crippen LogP contribution in [0, 0.1) is 10.1 Å². The summed E-state index contributed by atoms with van der Waals surface area (Å²) in [5, 5.41) is 18.7. The van der Waals surface area contributed by atoms with Crippen LogP contribution < -0.4 is 15.6 Å². The highest BCUT2D eigenvalue weighted by Crippen LogP contribution is 2.24. The Kier molecular flexibility index (Phi) is 6.60. The molecule has 0 bridgehead atoms. The number of hydrogen-bond acceptors (Lipinski definition) is 9. The Labute approximate surface area is 173 Å². The number of nitrogens with one attached hydrogen (secondary N) is 2. The minimum absolute atomic E-state index is 0.0400. The van der Waals surface area contributed by atoms with Crippen LogP contribution in [-0.4, -0.2) is 39.8 Å². The van der Waals surface area contributed by atoms with Gasteiger partial charge >= 0.3 is 0 Å². The number of carbonyl (C=O) groups excluding carboxylic acids is 2. The number of nitrogens with zero attached hydrogens (tertiary/aromatic N) is 3. The van der Waals surface area contributed by atoms with Gasteiger partial charge in [0, 0.05) is 23.3 Å². The maximum Gasteiger partial charge on any atom is 0.277 e. The van der Waals surface area contributed by atoms with Crippen LogP contribution in [0.15, 0.2) is 58.2 Å². The van der Waals surface area contributed by atoms with Crippen LogP contribution in [0.1, 0.15) is 10.4 Å². The van der Waals surface area contributed by atoms with Crippen molar-refractivity contribution in [2.45, 2.75) is 5.22 Å². The van der Waals surface area contributed by atoms with Crippen molar-refractivity contribution in [2.24, 2.45) is 0 Å². The van der Waals surface area contributed by atoms with Gasteiger partial charge < -0.3 is 9.15 Å². The summed E-state index contributed by atoms with van der Waals surface area (Å²) in [5.74, 6) is -0.324. The van der Waals surface area contributed by atoms with Gasteiger partial charge in [-0.1, -0.05) is 17.8 Å². The standard InChI is InChI=1S/C18H15N5O6S/c1-28-14-7-5-11(6-8-14)17-21-22-18(29-17)30-10-15(24)19-20-16(25)12-3-2-4-13(9-12)23(26)27/h2-9H,10H2,1H3,(H,19,24)(H,20,25). The number of nitro groups is 1. The molecule has 0 aliphatic heterocycles. The molecule has 2 N–H and O–H groups in total. The summed E-state index contributed by atoms with van der Waals surface area (Å²) in [6, 6.07) is 12.2. The highest BCUT2D eigenvalue weighted by atomic mass is 32.2. The molecule has 30 heavy (non-hydrogen) atoms. The third-order valence-electron chi connectivity index (χ3n) is 3.70. The van der Waals surface area contributed by atoms with E-state index in [1.54, 1.807) is 31.4 Å². The summed E-state index contributed by atoms with van der Waals surface area (Å²) in [7, 11) is 1.56. The normalized spacial score (nSPS) is 10.3. The van der Waals surface area contributed by atoms with E-state index in [4.69, 9.17) is 9.15 Å². The Morgan fingerprint density at radius 2 is 1.93 bits per heavy atom. The van der Waals surface area contributed by atoms with Gasteiger partial charge in [-0.3, -0.25) is 30.6 Å². The molecule has 12 heteroatoms. The van der Waals surface area contributed by atoms with Gasteiger partial charge in [0.1, 0.15) is 5.75 Å². The minimum atomic E-state index is -0.684. The zero-order valence-electron chi connectivity index (χ0n) is 15.5. The molecule has 0 saturated carbocycles. The molecule has 0 unspecified atom stereocenters. The lowest BCUT2D eigenvalue weighted by atomic mass is 10.2. The Balaban J connectivity index is 1.49. The molecule has 11 nitrogen and oxygen atoms in total. The van der Waals surface area contributed by atoms with Crippen LogP contribution in [0.4, 0.5) is 5.69 Å². The molecule has 1 heterocycles. The molecule has 0 fully saturated rings. The summed E-state index contributed by atoms with van der Waals surface area (Å²) in [6.07, 6.45) is 0. The van der Waals surface area contributed by atoms with Gasteiger partial charge in [0.25, 0.3) is 16.8 Å². The van der Waals surface area contributed by atoms with Gasteiger partial charge in [-0.15, -0.1) is 10.2 Å². The number of non-ortho nitro benzene ring substituents is 1. The van der Waals surface area contributed by atoms with E-state index in [1.165, 1.54) is 18.2 Å². The van der Waals surface area contributed by atoms with Crippen LogP contribution in [-0.2, 0) is 4.79 Å². The summed E-state index contributed by atoms with van der Waals surface area (Å²) in [5.41, 5.74) is 4.92. The maximum absolute atomic E-state index is 12.0. The van der Waals surface area contributed by atoms with E-state index < -0.39 is 16.7 Å². The molecule has 3 rings (SSSR count). The fourth-order valence-corrected chi connectivity index (χ4v) is 2.80. The molecule has 0 aliphatic rings. The Bertz CT molecular complexity index is 1070. The van der Waals surface area contributed by atoms with Gasteiger partial charge in [0.15, 0.2) is 0 Å². The molecule has 2 aromatic carbocycles. The fraction of sp³-hybridized carbons (Fsp3) is 0.111. The third kappa shape index (κ3) is 5.32. The van der Waals surface area contributed by atoms with Gasteiger partial charge in [-0.25, -0.2) is 0 Å². The number of hydrogen-bond donors (Lipinski definition) is 2. The molecule has 0 aliphatic carbocycles. The zero-order valence-corrected chi connectivity index (χ0v) is 16.3. The molecule has 0 atom stereocenters. The highest BCUT2D eigenvalue weighted by molar-refractivity contribution is 7.99. The fourth-order valence-electron chi connectivity index (χ4n) is 2.24. The van der Waals surface area contributed by atoms with E-state index in [1.807, 2.05) is 0 Å². The number of carbonyl (C=O) groups is 2. The number of rotatable bonds is 7. The van der Waals surface area contributed by atoms with E-state index in [0.717, 1.165) is 17.8 Å². The van der Waals surface area contributed by atoms with E-state index in [2.05, 4.69) is 21.0 Å². The van der Waals surface area contributed by atoms with Crippen molar-refractivity contribution in [1.29, 1.82) is 0 Å². The van der Waals surface area contributed by atoms with Crippen molar-refractivity contribution < 1.29 is 23.7 Å². The predicted molar refractivity (Wildman–Crippen MR) is 106 cm³/mol. The number of hydrazine groups is 1. The number of ether oxygens (including phenoxy) is 1. The van der Waals surface area contributed by atoms with Crippen LogP contribution >= 0.6 is 11.8 Å². The van der Waals surface area contributed by atoms with Crippen LogP contribution in [0.3, 0.4) is 0 Å². The minimum Gasteiger partial charge on any atom is -0.497 e. The first-order valence-corrected chi connectivity index (χ1v) is 9.39. The average Bonchev–Trinajstić information content (AvgIpc) is 3.25. The number of aromatic nitrogens is 2. The van der Waals surface area contributed by atoms with Gasteiger partial charge in [-0.2, -0.15) is 0 Å². The van der Waals surface area contributed by atoms with Crippen molar-refractivity contribution in [1.82, 2.24) is 21.0 Å². The lowest BCUT2D eigenvalue weighted by molar-refractivity contribution is -0.384. The maximum atomic E-state index is 12.0. The van der Waals surface area contributed by atoms with Gasteiger partial charge in [0.2, 0.25) is 11.8 Å². The lowest BCUT2D eigenvalue weighted by Gasteiger charge is -2.06. The number of methoxy groups -OCH3 is 1. The van der Waals surface area contributed by atoms with Crippen molar-refractivity contribution in [2.75, 3.05) is 12.9 Å². The zero-order chi connectivity index (χ0) is 21.5. The molecule has 2 amide bonds. The average molecular weight is 429 g/mol. The largest absolute Gasteiger partial charge is 0.497 e. The topological polar surface area (TPSA) is 149 Å². The molecule has 154 valence electrons. The third-order valence-corrected chi connectivity index (χ3v) is 4.52. The summed E-state index contributed by atoms with van der Waals surface area (Å²) in [4.78, 5) is 34.1. The van der Waals surface area contributed by atoms with Crippen molar-refractivity contribution >= 4 is 29.3 Å². The van der Waals surface area contributed by atoms with Crippen molar-refractivity contribution in [3.8, 4) is 17.2 Å². The molecule has 0 saturated heterocycles. The molecule has 3 aromatic rings. The quantitative estimate of drug-likeness (QED) is 0.327. The van der Waals surface area contributed by atoms with Crippen LogP contribution in [0.2, 0.25) is 0 Å². The first-order valence-electron chi connectivity index (χ1n) is 8.40. The number of benzene rings is 2. The van der Waals surface area contributed by atoms with Gasteiger partial charge in [0.05, 0.1) is 17.8 Å². The molecule has 0 radical (unpaired) electrons. The van der Waals surface area contributed by atoms with E-state index in [9.17, 15) is 19.7 Å². The first-order chi connectivity index (χ1) is 14.5. The first kappa shape index (κ1) is 20.8. The molecule has 1 aromatic heterocycles. The predicted octanol–water partition coefficient (Wildman–Crippen LogP) is 2.21. The summed E-state index contributed by atoms with van der Waals surface area (Å²) < 4.78 is 10.6. The SMILES string of the molecule is COc1ccc(-c2nnc(SCC(=O)NNC(=O)c3cccc([N+](=O)[O-])c3)o2)cc1. The number of nitro benzene ring substituents is 1. The Morgan fingerprint density at radius 3 is 2.63 bits per heavy atom. The highest BCUT2D eigenvalue weighted by Gasteiger charge is 2.14. The van der Waals surface area contributed by atoms with Crippen LogP contribution in [0.25, 0.3) is 11.5 Å². The smallest absolute Gasteiger partial charge is 0.277 e. The second kappa shape index (κ2) is 9.52. The molecule has 0 spiro atoms. The van der Waals surface area contributed by atoms with E-state index >= 15 is 0 Å². The van der Waals surface area contributed by atoms with E-state index in [-0.39, 0.29) is 22.2 Å². The number of thioether (sulfide) groups is 1. The van der Waals surface area contributed by atoms with Crippen molar-refractivity contribution in [3.05, 3.63) is 64.2 Å². The van der Waals surface area contributed by atoms with Crippen molar-refractivity contribution in [3.63, 3.8) is 0 Å². The number of amides is 2.